The molecular formula is C32H40N2O2. The summed E-state index contributed by atoms with van der Waals surface area (Å²) in [4.78, 5) is 7.27. The van der Waals surface area contributed by atoms with Gasteiger partial charge < -0.3 is 14.4 Å². The van der Waals surface area contributed by atoms with Crippen LogP contribution in [0.1, 0.15) is 65.0 Å². The molecular weight excluding hydrogens is 444 g/mol. The van der Waals surface area contributed by atoms with Crippen LogP contribution < -0.4 is 4.74 Å². The van der Waals surface area contributed by atoms with Crippen LogP contribution in [0.4, 0.5) is 0 Å². The van der Waals surface area contributed by atoms with Gasteiger partial charge >= 0.3 is 0 Å². The summed E-state index contributed by atoms with van der Waals surface area (Å²) >= 11 is 0. The zero-order valence-electron chi connectivity index (χ0n) is 22.8. The molecule has 1 aliphatic rings. The summed E-state index contributed by atoms with van der Waals surface area (Å²) in [6.07, 6.45) is 4.97. The lowest BCUT2D eigenvalue weighted by Gasteiger charge is -2.29. The zero-order chi connectivity index (χ0) is 25.9. The molecule has 0 spiro atoms. The molecule has 0 unspecified atom stereocenters. The van der Waals surface area contributed by atoms with E-state index in [0.29, 0.717) is 13.2 Å². The molecule has 0 aliphatic carbocycles. The van der Waals surface area contributed by atoms with Crippen LogP contribution in [0.25, 0.3) is 11.1 Å². The number of aryl methyl sites for hydroxylation is 1. The zero-order valence-corrected chi connectivity index (χ0v) is 22.8. The number of rotatable bonds is 7. The van der Waals surface area contributed by atoms with Crippen LogP contribution in [0.5, 0.6) is 5.75 Å². The third kappa shape index (κ3) is 7.86. The Morgan fingerprint density at radius 3 is 2.44 bits per heavy atom. The third-order valence-corrected chi connectivity index (χ3v) is 6.32. The Morgan fingerprint density at radius 2 is 1.78 bits per heavy atom. The van der Waals surface area contributed by atoms with E-state index in [9.17, 15) is 0 Å². The molecule has 36 heavy (non-hydrogen) atoms. The second-order valence-electron chi connectivity index (χ2n) is 9.27. The number of hydrogen-bond donors (Lipinski definition) is 0. The van der Waals surface area contributed by atoms with Gasteiger partial charge in [-0.1, -0.05) is 61.1 Å². The van der Waals surface area contributed by atoms with Crippen molar-refractivity contribution >= 4 is 5.84 Å². The number of aliphatic imine (C=N–C) groups is 1. The van der Waals surface area contributed by atoms with Crippen molar-refractivity contribution in [3.63, 3.8) is 0 Å². The van der Waals surface area contributed by atoms with Crippen molar-refractivity contribution in [3.8, 4) is 28.7 Å². The number of unbranched alkanes of at least 4 members (excludes halogenated alkanes) is 1. The van der Waals surface area contributed by atoms with Crippen LogP contribution in [0, 0.1) is 18.8 Å². The lowest BCUT2D eigenvalue weighted by Crippen LogP contribution is -2.40. The Labute approximate surface area is 217 Å². The van der Waals surface area contributed by atoms with Crippen molar-refractivity contribution in [3.05, 3.63) is 76.7 Å². The monoisotopic (exact) mass is 484 g/mol. The van der Waals surface area contributed by atoms with E-state index in [1.807, 2.05) is 19.1 Å². The highest BCUT2D eigenvalue weighted by Gasteiger charge is 2.16. The van der Waals surface area contributed by atoms with Crippen molar-refractivity contribution in [1.29, 1.82) is 0 Å². The highest BCUT2D eigenvalue weighted by molar-refractivity contribution is 5.94. The van der Waals surface area contributed by atoms with E-state index in [2.05, 4.69) is 87.8 Å². The van der Waals surface area contributed by atoms with E-state index in [1.54, 1.807) is 0 Å². The van der Waals surface area contributed by atoms with Gasteiger partial charge in [-0.2, -0.15) is 0 Å². The quantitative estimate of drug-likeness (QED) is 0.176. The number of nitrogens with zero attached hydrogens (tertiary/aromatic N) is 2. The van der Waals surface area contributed by atoms with Crippen molar-refractivity contribution in [2.75, 3.05) is 26.3 Å². The Morgan fingerprint density at radius 1 is 1.06 bits per heavy atom. The predicted octanol–water partition coefficient (Wildman–Crippen LogP) is 7.53. The highest BCUT2D eigenvalue weighted by atomic mass is 16.5. The third-order valence-electron chi connectivity index (χ3n) is 6.32. The van der Waals surface area contributed by atoms with Crippen LogP contribution in [-0.4, -0.2) is 37.0 Å². The summed E-state index contributed by atoms with van der Waals surface area (Å²) in [6.45, 7) is 15.7. The van der Waals surface area contributed by atoms with E-state index in [1.165, 1.54) is 11.1 Å². The summed E-state index contributed by atoms with van der Waals surface area (Å²) in [5, 5.41) is 0. The van der Waals surface area contributed by atoms with E-state index in [-0.39, 0.29) is 0 Å². The minimum atomic E-state index is 0.707. The molecule has 0 aromatic heterocycles. The van der Waals surface area contributed by atoms with Crippen LogP contribution in [-0.2, 0) is 4.74 Å². The highest BCUT2D eigenvalue weighted by Crippen LogP contribution is 2.32. The van der Waals surface area contributed by atoms with Gasteiger partial charge in [-0.15, -0.1) is 0 Å². The van der Waals surface area contributed by atoms with Gasteiger partial charge in [-0.25, -0.2) is 4.99 Å². The fourth-order valence-corrected chi connectivity index (χ4v) is 3.84. The normalized spacial score (nSPS) is 15.2. The maximum Gasteiger partial charge on any atom is 0.135 e. The molecule has 1 aliphatic heterocycles. The largest absolute Gasteiger partial charge is 0.461 e. The van der Waals surface area contributed by atoms with Gasteiger partial charge in [-0.3, -0.25) is 0 Å². The van der Waals surface area contributed by atoms with Crippen molar-refractivity contribution in [2.24, 2.45) is 4.99 Å². The minimum absolute atomic E-state index is 0.707. The van der Waals surface area contributed by atoms with Crippen LogP contribution in [0.2, 0.25) is 0 Å². The van der Waals surface area contributed by atoms with Crippen molar-refractivity contribution in [1.82, 2.24) is 4.90 Å². The number of allylic oxidation sites excluding steroid dienone is 3. The maximum absolute atomic E-state index is 6.51. The molecule has 2 aromatic rings. The number of benzene rings is 2. The first kappa shape index (κ1) is 27.3. The summed E-state index contributed by atoms with van der Waals surface area (Å²) in [5.41, 5.74) is 6.70. The Bertz CT molecular complexity index is 1170. The molecule has 0 radical (unpaired) electrons. The Kier molecular flexibility index (Phi) is 10.4. The minimum Gasteiger partial charge on any atom is -0.461 e. The fourth-order valence-electron chi connectivity index (χ4n) is 3.84. The Balaban J connectivity index is 2.00. The number of ether oxygens (including phenoxy) is 2. The molecule has 0 amide bonds. The average molecular weight is 485 g/mol. The smallest absolute Gasteiger partial charge is 0.135 e. The SMILES string of the molecule is CCCC#Cc1ccc(-c2ccc(C)cc2)c(O/C(C)=C/C(=N\C(C)=C(/C)CC)N2CCOCC2)c1. The molecule has 1 heterocycles. The first-order chi connectivity index (χ1) is 17.4. The molecule has 0 saturated carbocycles. The molecule has 2 aromatic carbocycles. The summed E-state index contributed by atoms with van der Waals surface area (Å²) in [6, 6.07) is 14.8. The van der Waals surface area contributed by atoms with Gasteiger partial charge in [-0.05, 0) is 64.3 Å². The van der Waals surface area contributed by atoms with Gasteiger partial charge in [0, 0.05) is 42.4 Å². The number of amidine groups is 1. The summed E-state index contributed by atoms with van der Waals surface area (Å²) < 4.78 is 12.1. The van der Waals surface area contributed by atoms with Gasteiger partial charge in [0.1, 0.15) is 17.3 Å². The number of hydrogen-bond acceptors (Lipinski definition) is 3. The van der Waals surface area contributed by atoms with E-state index < -0.39 is 0 Å². The first-order valence-corrected chi connectivity index (χ1v) is 13.0. The van der Waals surface area contributed by atoms with Gasteiger partial charge in [0.05, 0.1) is 13.2 Å². The second kappa shape index (κ2) is 13.7. The van der Waals surface area contributed by atoms with Crippen LogP contribution >= 0.6 is 0 Å². The van der Waals surface area contributed by atoms with Crippen molar-refractivity contribution < 1.29 is 9.47 Å². The second-order valence-corrected chi connectivity index (χ2v) is 9.27. The summed E-state index contributed by atoms with van der Waals surface area (Å²) in [5.74, 6) is 9.03. The van der Waals surface area contributed by atoms with Gasteiger partial charge in [0.15, 0.2) is 0 Å². The lowest BCUT2D eigenvalue weighted by atomic mass is 10.0. The fraction of sp³-hybridized carbons (Fsp3) is 0.406. The molecule has 0 bridgehead atoms. The Hall–Kier alpha value is -3.29. The molecule has 1 fully saturated rings. The van der Waals surface area contributed by atoms with E-state index >= 15 is 0 Å². The molecule has 190 valence electrons. The summed E-state index contributed by atoms with van der Waals surface area (Å²) in [7, 11) is 0. The van der Waals surface area contributed by atoms with Gasteiger partial charge in [0.25, 0.3) is 0 Å². The standard InChI is InChI=1S/C32H40N2O2/c1-7-9-10-11-28-14-17-30(29-15-12-24(3)13-16-29)31(23-28)36-26(5)22-32(33-27(6)25(4)8-2)34-18-20-35-21-19-34/h12-17,22-23H,7-9,18-21H2,1-6H3/b26-22+,27-25+,33-32+. The van der Waals surface area contributed by atoms with Gasteiger partial charge in [0.2, 0.25) is 0 Å². The molecule has 4 heteroatoms. The lowest BCUT2D eigenvalue weighted by molar-refractivity contribution is 0.0683. The molecule has 1 saturated heterocycles. The maximum atomic E-state index is 6.51. The molecule has 0 atom stereocenters. The van der Waals surface area contributed by atoms with Crippen molar-refractivity contribution in [2.45, 2.75) is 60.8 Å². The number of morpholine rings is 1. The molecule has 0 N–H and O–H groups in total. The van der Waals surface area contributed by atoms with Crippen LogP contribution in [0.15, 0.2) is 70.6 Å². The molecule has 3 rings (SSSR count). The average Bonchev–Trinajstić information content (AvgIpc) is 2.89. The molecule has 4 nitrogen and oxygen atoms in total. The van der Waals surface area contributed by atoms with E-state index in [4.69, 9.17) is 14.5 Å². The topological polar surface area (TPSA) is 34.1 Å². The van der Waals surface area contributed by atoms with E-state index in [0.717, 1.165) is 72.1 Å². The van der Waals surface area contributed by atoms with Crippen LogP contribution in [0.3, 0.4) is 0 Å². The first-order valence-electron chi connectivity index (χ1n) is 13.0. The predicted molar refractivity (Wildman–Crippen MR) is 151 cm³/mol.